The molecule has 0 radical (unpaired) electrons. The minimum absolute atomic E-state index is 0. The van der Waals surface area contributed by atoms with Crippen LogP contribution in [0.3, 0.4) is 0 Å². The summed E-state index contributed by atoms with van der Waals surface area (Å²) in [6.07, 6.45) is 5.25. The molecule has 27 heavy (non-hydrogen) atoms. The molecule has 1 aromatic rings. The summed E-state index contributed by atoms with van der Waals surface area (Å²) in [6, 6.07) is 10.7. The number of nitrogens with zero attached hydrogens (tertiary/aromatic N) is 2. The van der Waals surface area contributed by atoms with Crippen molar-refractivity contribution < 1.29 is 4.21 Å². The highest BCUT2D eigenvalue weighted by atomic mass is 127. The molecule has 2 unspecified atom stereocenters. The molecule has 0 amide bonds. The molecule has 1 aromatic carbocycles. The second kappa shape index (κ2) is 14.3. The molecule has 7 heteroatoms. The third kappa shape index (κ3) is 9.38. The zero-order valence-corrected chi connectivity index (χ0v) is 19.8. The number of nitrogens with one attached hydrogen (secondary N) is 2. The van der Waals surface area contributed by atoms with E-state index in [-0.39, 0.29) is 24.0 Å². The van der Waals surface area contributed by atoms with Crippen LogP contribution in [-0.2, 0) is 16.6 Å². The number of hydrogen-bond donors (Lipinski definition) is 2. The normalized spacial score (nSPS) is 19.2. The van der Waals surface area contributed by atoms with E-state index in [0.29, 0.717) is 18.1 Å². The van der Waals surface area contributed by atoms with Crippen molar-refractivity contribution in [3.8, 4) is 0 Å². The summed E-state index contributed by atoms with van der Waals surface area (Å²) in [5.74, 6) is 2.04. The minimum Gasteiger partial charge on any atom is -0.355 e. The van der Waals surface area contributed by atoms with Gasteiger partial charge in [-0.3, -0.25) is 14.1 Å². The number of piperidine rings is 1. The maximum atomic E-state index is 12.2. The molecular formula is C20H35IN4OS. The Kier molecular flexibility index (Phi) is 12.9. The van der Waals surface area contributed by atoms with E-state index in [4.69, 9.17) is 0 Å². The first-order chi connectivity index (χ1) is 12.7. The number of hydrogen-bond acceptors (Lipinski definition) is 3. The maximum absolute atomic E-state index is 12.2. The maximum Gasteiger partial charge on any atom is 0.191 e. The average Bonchev–Trinajstić information content (AvgIpc) is 2.68. The van der Waals surface area contributed by atoms with Crippen LogP contribution in [0.5, 0.6) is 0 Å². The highest BCUT2D eigenvalue weighted by molar-refractivity contribution is 14.0. The molecule has 1 aliphatic rings. The van der Waals surface area contributed by atoms with Crippen LogP contribution in [0.2, 0.25) is 0 Å². The monoisotopic (exact) mass is 506 g/mol. The highest BCUT2D eigenvalue weighted by Gasteiger charge is 2.19. The number of halogens is 1. The molecule has 154 valence electrons. The summed E-state index contributed by atoms with van der Waals surface area (Å²) >= 11 is 0. The predicted molar refractivity (Wildman–Crippen MR) is 127 cm³/mol. The standard InChI is InChI=1S/C20H34N4OS.HI/c1-3-19-11-7-8-14-24(19)15-12-22-20(21-2)23-13-16-26(25)17-18-9-5-4-6-10-18;/h4-6,9-10,19H,3,7-8,11-17H2,1-2H3,(H2,21,22,23);1H. The average molecular weight is 506 g/mol. The lowest BCUT2D eigenvalue weighted by Gasteiger charge is -2.35. The molecule has 0 aromatic heterocycles. The van der Waals surface area contributed by atoms with Gasteiger partial charge in [-0.15, -0.1) is 24.0 Å². The van der Waals surface area contributed by atoms with Gasteiger partial charge in [-0.25, -0.2) is 0 Å². The largest absolute Gasteiger partial charge is 0.355 e. The Balaban J connectivity index is 0.00000364. The fourth-order valence-corrected chi connectivity index (χ4v) is 4.51. The number of benzene rings is 1. The minimum atomic E-state index is -0.859. The van der Waals surface area contributed by atoms with E-state index in [1.165, 1.54) is 32.2 Å². The van der Waals surface area contributed by atoms with Gasteiger partial charge in [0.05, 0.1) is 0 Å². The molecule has 2 atom stereocenters. The van der Waals surface area contributed by atoms with Crippen molar-refractivity contribution in [2.24, 2.45) is 4.99 Å². The smallest absolute Gasteiger partial charge is 0.191 e. The molecule has 1 saturated heterocycles. The van der Waals surface area contributed by atoms with Crippen molar-refractivity contribution in [3.63, 3.8) is 0 Å². The molecule has 0 bridgehead atoms. The summed E-state index contributed by atoms with van der Waals surface area (Å²) in [5, 5.41) is 6.66. The Morgan fingerprint density at radius 1 is 1.22 bits per heavy atom. The van der Waals surface area contributed by atoms with E-state index in [9.17, 15) is 4.21 Å². The van der Waals surface area contributed by atoms with Crippen molar-refractivity contribution in [1.82, 2.24) is 15.5 Å². The zero-order chi connectivity index (χ0) is 18.6. The molecule has 1 aliphatic heterocycles. The highest BCUT2D eigenvalue weighted by Crippen LogP contribution is 2.18. The van der Waals surface area contributed by atoms with Gasteiger partial charge in [-0.2, -0.15) is 0 Å². The van der Waals surface area contributed by atoms with Gasteiger partial charge in [0.2, 0.25) is 0 Å². The molecule has 2 N–H and O–H groups in total. The second-order valence-corrected chi connectivity index (χ2v) is 8.37. The van der Waals surface area contributed by atoms with Crippen LogP contribution in [0, 0.1) is 0 Å². The fraction of sp³-hybridized carbons (Fsp3) is 0.650. The summed E-state index contributed by atoms with van der Waals surface area (Å²) in [6.45, 7) is 6.11. The number of aliphatic imine (C=N–C) groups is 1. The van der Waals surface area contributed by atoms with Gasteiger partial charge in [-0.05, 0) is 31.4 Å². The lowest BCUT2D eigenvalue weighted by atomic mass is 10.0. The van der Waals surface area contributed by atoms with E-state index >= 15 is 0 Å². The van der Waals surface area contributed by atoms with Crippen molar-refractivity contribution in [3.05, 3.63) is 35.9 Å². The summed E-state index contributed by atoms with van der Waals surface area (Å²) < 4.78 is 12.2. The van der Waals surface area contributed by atoms with Crippen molar-refractivity contribution in [2.45, 2.75) is 44.4 Å². The van der Waals surface area contributed by atoms with Gasteiger partial charge >= 0.3 is 0 Å². The number of rotatable bonds is 9. The van der Waals surface area contributed by atoms with E-state index in [1.807, 2.05) is 30.3 Å². The third-order valence-electron chi connectivity index (χ3n) is 4.93. The van der Waals surface area contributed by atoms with Crippen LogP contribution in [0.25, 0.3) is 0 Å². The van der Waals surface area contributed by atoms with Crippen molar-refractivity contribution in [2.75, 3.05) is 39.0 Å². The Labute approximate surface area is 184 Å². The van der Waals surface area contributed by atoms with E-state index in [2.05, 4.69) is 27.4 Å². The van der Waals surface area contributed by atoms with Gasteiger partial charge in [-0.1, -0.05) is 43.7 Å². The van der Waals surface area contributed by atoms with E-state index < -0.39 is 10.8 Å². The first-order valence-corrected chi connectivity index (χ1v) is 11.3. The van der Waals surface area contributed by atoms with Gasteiger partial charge in [0.25, 0.3) is 0 Å². The first-order valence-electron chi connectivity index (χ1n) is 9.80. The fourth-order valence-electron chi connectivity index (χ4n) is 3.47. The van der Waals surface area contributed by atoms with Crippen LogP contribution in [-0.4, -0.2) is 60.1 Å². The van der Waals surface area contributed by atoms with Crippen LogP contribution < -0.4 is 10.6 Å². The van der Waals surface area contributed by atoms with Crippen LogP contribution >= 0.6 is 24.0 Å². The van der Waals surface area contributed by atoms with Crippen LogP contribution in [0.1, 0.15) is 38.2 Å². The molecule has 2 rings (SSSR count). The predicted octanol–water partition coefficient (Wildman–Crippen LogP) is 2.98. The van der Waals surface area contributed by atoms with Gasteiger partial charge in [0, 0.05) is 55.0 Å². The molecule has 1 heterocycles. The summed E-state index contributed by atoms with van der Waals surface area (Å²) in [7, 11) is 0.925. The number of guanidine groups is 1. The van der Waals surface area contributed by atoms with E-state index in [0.717, 1.165) is 30.7 Å². The quantitative estimate of drug-likeness (QED) is 0.307. The summed E-state index contributed by atoms with van der Waals surface area (Å²) in [5.41, 5.74) is 1.13. The lowest BCUT2D eigenvalue weighted by molar-refractivity contribution is 0.147. The molecular weight excluding hydrogens is 471 g/mol. The van der Waals surface area contributed by atoms with Crippen LogP contribution in [0.15, 0.2) is 35.3 Å². The van der Waals surface area contributed by atoms with Crippen LogP contribution in [0.4, 0.5) is 0 Å². The Hall–Kier alpha value is -0.670. The SMILES string of the molecule is CCC1CCCCN1CCNC(=NC)NCCS(=O)Cc1ccccc1.I. The van der Waals surface area contributed by atoms with Gasteiger partial charge in [0.1, 0.15) is 0 Å². The molecule has 0 aliphatic carbocycles. The Morgan fingerprint density at radius 2 is 1.96 bits per heavy atom. The zero-order valence-electron chi connectivity index (χ0n) is 16.7. The molecule has 5 nitrogen and oxygen atoms in total. The Bertz CT molecular complexity index is 570. The molecule has 1 fully saturated rings. The van der Waals surface area contributed by atoms with Gasteiger partial charge < -0.3 is 10.6 Å². The van der Waals surface area contributed by atoms with E-state index in [1.54, 1.807) is 7.05 Å². The topological polar surface area (TPSA) is 56.7 Å². The van der Waals surface area contributed by atoms with Crippen molar-refractivity contribution >= 4 is 40.7 Å². The lowest BCUT2D eigenvalue weighted by Crippen LogP contribution is -2.46. The molecule has 0 saturated carbocycles. The molecule has 0 spiro atoms. The number of likely N-dealkylation sites (tertiary alicyclic amines) is 1. The Morgan fingerprint density at radius 3 is 2.67 bits per heavy atom. The van der Waals surface area contributed by atoms with Gasteiger partial charge in [0.15, 0.2) is 5.96 Å². The van der Waals surface area contributed by atoms with Crippen molar-refractivity contribution in [1.29, 1.82) is 0 Å². The first kappa shape index (κ1) is 24.4. The second-order valence-electron chi connectivity index (χ2n) is 6.79. The third-order valence-corrected chi connectivity index (χ3v) is 6.24. The summed E-state index contributed by atoms with van der Waals surface area (Å²) in [4.78, 5) is 6.86.